The van der Waals surface area contributed by atoms with Gasteiger partial charge in [-0.25, -0.2) is 4.98 Å². The highest BCUT2D eigenvalue weighted by molar-refractivity contribution is 6.33. The molecule has 0 fully saturated rings. The minimum absolute atomic E-state index is 0.302. The van der Waals surface area contributed by atoms with Crippen LogP contribution in [0.3, 0.4) is 0 Å². The second kappa shape index (κ2) is 7.83. The van der Waals surface area contributed by atoms with Crippen molar-refractivity contribution in [1.29, 1.82) is 0 Å². The van der Waals surface area contributed by atoms with E-state index in [1.165, 1.54) is 11.8 Å². The fraction of sp³-hybridized carbons (Fsp3) is 0.368. The third-order valence-corrected chi connectivity index (χ3v) is 4.56. The summed E-state index contributed by atoms with van der Waals surface area (Å²) in [6.07, 6.45) is 2.31. The molecule has 7 heteroatoms. The van der Waals surface area contributed by atoms with E-state index in [0.717, 1.165) is 30.0 Å². The lowest BCUT2D eigenvalue weighted by Crippen LogP contribution is -2.31. The first-order valence-electron chi connectivity index (χ1n) is 8.65. The molecule has 0 aliphatic carbocycles. The first-order valence-corrected chi connectivity index (χ1v) is 9.03. The van der Waals surface area contributed by atoms with Gasteiger partial charge in [0.1, 0.15) is 5.82 Å². The fourth-order valence-electron chi connectivity index (χ4n) is 3.08. The van der Waals surface area contributed by atoms with Crippen molar-refractivity contribution in [3.05, 3.63) is 46.1 Å². The Morgan fingerprint density at radius 2 is 1.85 bits per heavy atom. The molecular weight excluding hydrogens is 354 g/mol. The maximum atomic E-state index is 11.3. The largest absolute Gasteiger partial charge is 0.490 e. The normalized spacial score (nSPS) is 13.3. The molecule has 0 atom stereocenters. The number of fused-ring (bicyclic) bond motifs is 1. The summed E-state index contributed by atoms with van der Waals surface area (Å²) in [5.74, 6) is 1.63. The van der Waals surface area contributed by atoms with Crippen LogP contribution in [-0.2, 0) is 13.0 Å². The summed E-state index contributed by atoms with van der Waals surface area (Å²) in [5, 5.41) is 0.417. The zero-order valence-electron chi connectivity index (χ0n) is 14.9. The minimum Gasteiger partial charge on any atom is -0.490 e. The molecule has 0 saturated heterocycles. The number of primary amides is 1. The monoisotopic (exact) mass is 375 g/mol. The summed E-state index contributed by atoms with van der Waals surface area (Å²) in [6.45, 7) is 6.51. The number of benzene rings is 1. The van der Waals surface area contributed by atoms with E-state index in [-0.39, 0.29) is 0 Å². The molecule has 6 nitrogen and oxygen atoms in total. The number of anilines is 1. The van der Waals surface area contributed by atoms with Gasteiger partial charge in [0, 0.05) is 19.3 Å². The summed E-state index contributed by atoms with van der Waals surface area (Å²) in [5.41, 5.74) is 7.97. The van der Waals surface area contributed by atoms with Crippen molar-refractivity contribution in [2.24, 2.45) is 5.73 Å². The van der Waals surface area contributed by atoms with E-state index in [0.29, 0.717) is 36.2 Å². The minimum atomic E-state index is -0.542. The van der Waals surface area contributed by atoms with Gasteiger partial charge in [-0.2, -0.15) is 0 Å². The van der Waals surface area contributed by atoms with E-state index in [9.17, 15) is 4.79 Å². The predicted octanol–water partition coefficient (Wildman–Crippen LogP) is 3.19. The van der Waals surface area contributed by atoms with Crippen LogP contribution in [0.5, 0.6) is 11.5 Å². The molecule has 0 radical (unpaired) electrons. The Morgan fingerprint density at radius 3 is 2.42 bits per heavy atom. The van der Waals surface area contributed by atoms with Crippen molar-refractivity contribution in [2.45, 2.75) is 26.8 Å². The van der Waals surface area contributed by atoms with Gasteiger partial charge in [-0.1, -0.05) is 11.6 Å². The van der Waals surface area contributed by atoms with Gasteiger partial charge in [-0.3, -0.25) is 4.79 Å². The number of nitrogens with two attached hydrogens (primary N) is 1. The number of carbonyl (C=O) groups is 1. The number of carbonyl (C=O) groups excluding carboxylic acids is 1. The van der Waals surface area contributed by atoms with Gasteiger partial charge in [0.05, 0.1) is 23.8 Å². The van der Waals surface area contributed by atoms with Crippen LogP contribution in [0.2, 0.25) is 5.02 Å². The Morgan fingerprint density at radius 1 is 1.19 bits per heavy atom. The molecule has 1 aliphatic rings. The first kappa shape index (κ1) is 18.3. The third-order valence-electron chi connectivity index (χ3n) is 4.28. The first-order chi connectivity index (χ1) is 12.5. The average molecular weight is 376 g/mol. The van der Waals surface area contributed by atoms with Crippen LogP contribution < -0.4 is 20.1 Å². The highest BCUT2D eigenvalue weighted by Gasteiger charge is 2.22. The van der Waals surface area contributed by atoms with Crippen LogP contribution >= 0.6 is 11.6 Å². The Labute approximate surface area is 157 Å². The van der Waals surface area contributed by atoms with Crippen LogP contribution in [0.25, 0.3) is 0 Å². The van der Waals surface area contributed by atoms with E-state index in [4.69, 9.17) is 26.8 Å². The maximum Gasteiger partial charge on any atom is 0.250 e. The van der Waals surface area contributed by atoms with Crippen molar-refractivity contribution in [3.63, 3.8) is 0 Å². The number of nitrogens with zero attached hydrogens (tertiary/aromatic N) is 2. The van der Waals surface area contributed by atoms with Gasteiger partial charge in [-0.15, -0.1) is 0 Å². The maximum absolute atomic E-state index is 11.3. The van der Waals surface area contributed by atoms with Crippen LogP contribution in [0.4, 0.5) is 5.82 Å². The zero-order chi connectivity index (χ0) is 18.7. The SMILES string of the molecule is CCOc1cc2c(cc1OCC)CN(c1ncc(C(N)=O)cc1Cl)CC2. The van der Waals surface area contributed by atoms with E-state index in [1.807, 2.05) is 19.9 Å². The molecule has 26 heavy (non-hydrogen) atoms. The number of pyridine rings is 1. The fourth-order valence-corrected chi connectivity index (χ4v) is 3.37. The van der Waals surface area contributed by atoms with Crippen LogP contribution in [0, 0.1) is 0 Å². The number of hydrogen-bond donors (Lipinski definition) is 1. The molecule has 138 valence electrons. The highest BCUT2D eigenvalue weighted by Crippen LogP contribution is 2.36. The topological polar surface area (TPSA) is 77.7 Å². The highest BCUT2D eigenvalue weighted by atomic mass is 35.5. The third kappa shape index (κ3) is 3.70. The van der Waals surface area contributed by atoms with E-state index < -0.39 is 5.91 Å². The summed E-state index contributed by atoms with van der Waals surface area (Å²) in [7, 11) is 0. The number of amides is 1. The molecule has 1 amide bonds. The Balaban J connectivity index is 1.89. The van der Waals surface area contributed by atoms with Gasteiger partial charge < -0.3 is 20.1 Å². The Bertz CT molecular complexity index is 826. The molecular formula is C19H22ClN3O3. The smallest absolute Gasteiger partial charge is 0.250 e. The van der Waals surface area contributed by atoms with Crippen molar-refractivity contribution in [3.8, 4) is 11.5 Å². The lowest BCUT2D eigenvalue weighted by atomic mass is 9.98. The summed E-state index contributed by atoms with van der Waals surface area (Å²) in [6, 6.07) is 5.65. The average Bonchev–Trinajstić information content (AvgIpc) is 2.62. The van der Waals surface area contributed by atoms with Crippen molar-refractivity contribution >= 4 is 23.3 Å². The van der Waals surface area contributed by atoms with E-state index in [1.54, 1.807) is 6.07 Å². The number of hydrogen-bond acceptors (Lipinski definition) is 5. The second-order valence-electron chi connectivity index (χ2n) is 6.00. The predicted molar refractivity (Wildman–Crippen MR) is 101 cm³/mol. The van der Waals surface area contributed by atoms with Crippen LogP contribution in [-0.4, -0.2) is 30.6 Å². The van der Waals surface area contributed by atoms with Crippen molar-refractivity contribution in [1.82, 2.24) is 4.98 Å². The molecule has 0 spiro atoms. The molecule has 2 N–H and O–H groups in total. The molecule has 2 aromatic rings. The summed E-state index contributed by atoms with van der Waals surface area (Å²) in [4.78, 5) is 17.7. The quantitative estimate of drug-likeness (QED) is 0.838. The van der Waals surface area contributed by atoms with Gasteiger partial charge >= 0.3 is 0 Å². The zero-order valence-corrected chi connectivity index (χ0v) is 15.7. The van der Waals surface area contributed by atoms with E-state index >= 15 is 0 Å². The van der Waals surface area contributed by atoms with E-state index in [2.05, 4.69) is 16.0 Å². The lowest BCUT2D eigenvalue weighted by Gasteiger charge is -2.31. The van der Waals surface area contributed by atoms with Crippen LogP contribution in [0.15, 0.2) is 24.4 Å². The number of halogens is 1. The van der Waals surface area contributed by atoms with Gasteiger partial charge in [0.25, 0.3) is 0 Å². The standard InChI is InChI=1S/C19H22ClN3O3/c1-3-25-16-8-12-5-6-23(11-14(12)9-17(16)26-4-2)19-15(20)7-13(10-22-19)18(21)24/h7-10H,3-6,11H2,1-2H3,(H2,21,24). The number of aromatic nitrogens is 1. The number of rotatable bonds is 6. The molecule has 1 aliphatic heterocycles. The molecule has 1 aromatic heterocycles. The molecule has 0 unspecified atom stereocenters. The van der Waals surface area contributed by atoms with Gasteiger partial charge in [0.15, 0.2) is 11.5 Å². The van der Waals surface area contributed by atoms with Gasteiger partial charge in [0.2, 0.25) is 5.91 Å². The van der Waals surface area contributed by atoms with Crippen molar-refractivity contribution < 1.29 is 14.3 Å². The molecule has 3 rings (SSSR count). The van der Waals surface area contributed by atoms with Crippen molar-refractivity contribution in [2.75, 3.05) is 24.7 Å². The number of ether oxygens (including phenoxy) is 2. The second-order valence-corrected chi connectivity index (χ2v) is 6.41. The molecule has 0 saturated carbocycles. The van der Waals surface area contributed by atoms with Gasteiger partial charge in [-0.05, 0) is 49.6 Å². The summed E-state index contributed by atoms with van der Waals surface area (Å²) >= 11 is 6.32. The Hall–Kier alpha value is -2.47. The Kier molecular flexibility index (Phi) is 5.52. The molecule has 2 heterocycles. The molecule has 1 aromatic carbocycles. The molecule has 0 bridgehead atoms. The van der Waals surface area contributed by atoms with Crippen LogP contribution in [0.1, 0.15) is 35.3 Å². The lowest BCUT2D eigenvalue weighted by molar-refractivity contribution is 0.1000. The summed E-state index contributed by atoms with van der Waals surface area (Å²) < 4.78 is 11.4.